The Kier molecular flexibility index (Phi) is 5.22. The topological polar surface area (TPSA) is 26.3 Å². The van der Waals surface area contributed by atoms with Gasteiger partial charge in [0.2, 0.25) is 0 Å². The molecule has 0 aromatic rings. The van der Waals surface area contributed by atoms with Gasteiger partial charge in [0, 0.05) is 0 Å². The average Bonchev–Trinajstić information content (AvgIpc) is 1.87. The molecule has 0 aliphatic heterocycles. The van der Waals surface area contributed by atoms with Gasteiger partial charge in [0.05, 0.1) is 13.0 Å². The van der Waals surface area contributed by atoms with E-state index in [0.29, 0.717) is 13.0 Å². The van der Waals surface area contributed by atoms with Crippen LogP contribution in [-0.2, 0) is 9.53 Å². The summed E-state index contributed by atoms with van der Waals surface area (Å²) in [4.78, 5) is 10.7. The number of rotatable bonds is 3. The Hall–Kier alpha value is -1.01. The Balaban J connectivity index is 3.71. The Labute approximate surface area is 67.6 Å². The third-order valence-corrected chi connectivity index (χ3v) is 0.965. The van der Waals surface area contributed by atoms with Crippen molar-refractivity contribution in [2.45, 2.75) is 27.2 Å². The van der Waals surface area contributed by atoms with E-state index in [0.717, 1.165) is 5.57 Å². The summed E-state index contributed by atoms with van der Waals surface area (Å²) in [6, 6.07) is 0. The minimum Gasteiger partial charge on any atom is -0.466 e. The summed E-state index contributed by atoms with van der Waals surface area (Å²) in [5, 5.41) is 0. The SMILES string of the molecule is CCOC(=O)CC=C=C(C)C. The van der Waals surface area contributed by atoms with Gasteiger partial charge in [0.15, 0.2) is 0 Å². The normalized spacial score (nSPS) is 8.27. The lowest BCUT2D eigenvalue weighted by atomic mass is 10.3. The minimum atomic E-state index is -0.193. The number of carbonyl (C=O) groups is 1. The van der Waals surface area contributed by atoms with Crippen LogP contribution in [0.5, 0.6) is 0 Å². The van der Waals surface area contributed by atoms with Gasteiger partial charge in [-0.15, -0.1) is 5.73 Å². The molecule has 0 saturated heterocycles. The Morgan fingerprint density at radius 3 is 2.64 bits per heavy atom. The zero-order chi connectivity index (χ0) is 8.69. The van der Waals surface area contributed by atoms with Gasteiger partial charge in [-0.25, -0.2) is 0 Å². The fourth-order valence-corrected chi connectivity index (χ4v) is 0.558. The predicted octanol–water partition coefficient (Wildman–Crippen LogP) is 2.06. The summed E-state index contributed by atoms with van der Waals surface area (Å²) in [6.07, 6.45) is 2.01. The Bertz CT molecular complexity index is 182. The highest BCUT2D eigenvalue weighted by atomic mass is 16.5. The molecule has 0 rings (SSSR count). The van der Waals surface area contributed by atoms with Crippen LogP contribution in [0.3, 0.4) is 0 Å². The third-order valence-electron chi connectivity index (χ3n) is 0.965. The molecule has 0 aromatic heterocycles. The molecular formula is C9H14O2. The number of ether oxygens (including phenoxy) is 1. The molecule has 0 spiro atoms. The monoisotopic (exact) mass is 154 g/mol. The maximum absolute atomic E-state index is 10.7. The van der Waals surface area contributed by atoms with E-state index >= 15 is 0 Å². The lowest BCUT2D eigenvalue weighted by Gasteiger charge is -1.94. The number of hydrogen-bond donors (Lipinski definition) is 0. The molecule has 2 heteroatoms. The molecule has 62 valence electrons. The quantitative estimate of drug-likeness (QED) is 0.459. The fraction of sp³-hybridized carbons (Fsp3) is 0.556. The van der Waals surface area contributed by atoms with Gasteiger partial charge in [-0.3, -0.25) is 4.79 Å². The summed E-state index contributed by atoms with van der Waals surface area (Å²) in [5.41, 5.74) is 3.99. The molecule has 0 unspecified atom stereocenters. The van der Waals surface area contributed by atoms with Gasteiger partial charge in [-0.05, 0) is 32.4 Å². The summed E-state index contributed by atoms with van der Waals surface area (Å²) in [7, 11) is 0. The number of hydrogen-bond acceptors (Lipinski definition) is 2. The van der Waals surface area contributed by atoms with E-state index in [1.165, 1.54) is 0 Å². The standard InChI is InChI=1S/C9H14O2/c1-4-11-9(10)7-5-6-8(2)3/h5H,4,7H2,1-3H3. The van der Waals surface area contributed by atoms with Crippen LogP contribution in [0.1, 0.15) is 27.2 Å². The molecule has 0 aliphatic carbocycles. The summed E-state index contributed by atoms with van der Waals surface area (Å²) in [5.74, 6) is -0.193. The van der Waals surface area contributed by atoms with Crippen molar-refractivity contribution in [1.29, 1.82) is 0 Å². The molecule has 0 fully saturated rings. The lowest BCUT2D eigenvalue weighted by molar-refractivity contribution is -0.142. The highest BCUT2D eigenvalue weighted by molar-refractivity contribution is 5.70. The molecular weight excluding hydrogens is 140 g/mol. The molecule has 0 heterocycles. The smallest absolute Gasteiger partial charge is 0.310 e. The van der Waals surface area contributed by atoms with E-state index in [1.807, 2.05) is 13.8 Å². The first-order valence-electron chi connectivity index (χ1n) is 3.70. The van der Waals surface area contributed by atoms with Gasteiger partial charge >= 0.3 is 5.97 Å². The van der Waals surface area contributed by atoms with Gasteiger partial charge in [0.1, 0.15) is 0 Å². The summed E-state index contributed by atoms with van der Waals surface area (Å²) < 4.78 is 4.70. The maximum atomic E-state index is 10.7. The lowest BCUT2D eigenvalue weighted by Crippen LogP contribution is -2.01. The van der Waals surface area contributed by atoms with Gasteiger partial charge in [-0.2, -0.15) is 0 Å². The van der Waals surface area contributed by atoms with Crippen LogP contribution < -0.4 is 0 Å². The van der Waals surface area contributed by atoms with Crippen molar-refractivity contribution in [2.24, 2.45) is 0 Å². The van der Waals surface area contributed by atoms with Gasteiger partial charge in [0.25, 0.3) is 0 Å². The maximum Gasteiger partial charge on any atom is 0.310 e. The van der Waals surface area contributed by atoms with Crippen LogP contribution in [-0.4, -0.2) is 12.6 Å². The van der Waals surface area contributed by atoms with Crippen LogP contribution in [0.25, 0.3) is 0 Å². The molecule has 11 heavy (non-hydrogen) atoms. The molecule has 0 N–H and O–H groups in total. The molecule has 0 radical (unpaired) electrons. The van der Waals surface area contributed by atoms with Crippen LogP contribution in [0.4, 0.5) is 0 Å². The molecule has 0 atom stereocenters. The number of carbonyl (C=O) groups excluding carboxylic acids is 1. The zero-order valence-corrected chi connectivity index (χ0v) is 7.31. The van der Waals surface area contributed by atoms with Crippen molar-refractivity contribution in [3.63, 3.8) is 0 Å². The molecule has 2 nitrogen and oxygen atoms in total. The van der Waals surface area contributed by atoms with Crippen molar-refractivity contribution < 1.29 is 9.53 Å². The van der Waals surface area contributed by atoms with E-state index in [-0.39, 0.29) is 5.97 Å². The summed E-state index contributed by atoms with van der Waals surface area (Å²) in [6.45, 7) is 6.10. The molecule has 0 bridgehead atoms. The van der Waals surface area contributed by atoms with Crippen molar-refractivity contribution in [2.75, 3.05) is 6.61 Å². The third kappa shape index (κ3) is 6.88. The van der Waals surface area contributed by atoms with E-state index in [1.54, 1.807) is 13.0 Å². The minimum absolute atomic E-state index is 0.193. The van der Waals surface area contributed by atoms with Crippen molar-refractivity contribution in [3.8, 4) is 0 Å². The van der Waals surface area contributed by atoms with Crippen molar-refractivity contribution >= 4 is 5.97 Å². The zero-order valence-electron chi connectivity index (χ0n) is 7.31. The molecule has 0 amide bonds. The van der Waals surface area contributed by atoms with Gasteiger partial charge in [-0.1, -0.05) is 0 Å². The van der Waals surface area contributed by atoms with Crippen LogP contribution in [0.2, 0.25) is 0 Å². The van der Waals surface area contributed by atoms with E-state index in [4.69, 9.17) is 4.74 Å². The first kappa shape index (κ1) is 9.99. The second-order valence-electron chi connectivity index (χ2n) is 2.36. The molecule has 0 saturated carbocycles. The van der Waals surface area contributed by atoms with Crippen LogP contribution in [0, 0.1) is 0 Å². The highest BCUT2D eigenvalue weighted by Gasteiger charge is 1.94. The van der Waals surface area contributed by atoms with Crippen molar-refractivity contribution in [1.82, 2.24) is 0 Å². The fourth-order valence-electron chi connectivity index (χ4n) is 0.558. The van der Waals surface area contributed by atoms with E-state index < -0.39 is 0 Å². The second-order valence-corrected chi connectivity index (χ2v) is 2.36. The number of esters is 1. The largest absolute Gasteiger partial charge is 0.466 e. The van der Waals surface area contributed by atoms with Crippen molar-refractivity contribution in [3.05, 3.63) is 17.4 Å². The van der Waals surface area contributed by atoms with E-state index in [9.17, 15) is 4.79 Å². The Morgan fingerprint density at radius 2 is 2.18 bits per heavy atom. The molecule has 0 aliphatic rings. The van der Waals surface area contributed by atoms with Crippen LogP contribution in [0.15, 0.2) is 17.4 Å². The van der Waals surface area contributed by atoms with E-state index in [2.05, 4.69) is 5.73 Å². The Morgan fingerprint density at radius 1 is 1.55 bits per heavy atom. The first-order chi connectivity index (χ1) is 5.16. The van der Waals surface area contributed by atoms with Crippen LogP contribution >= 0.6 is 0 Å². The average molecular weight is 154 g/mol. The second kappa shape index (κ2) is 5.75. The van der Waals surface area contributed by atoms with Gasteiger partial charge < -0.3 is 4.74 Å². The predicted molar refractivity (Wildman–Crippen MR) is 44.2 cm³/mol. The first-order valence-corrected chi connectivity index (χ1v) is 3.70. The molecule has 0 aromatic carbocycles. The highest BCUT2D eigenvalue weighted by Crippen LogP contribution is 1.89. The summed E-state index contributed by atoms with van der Waals surface area (Å²) >= 11 is 0.